The Labute approximate surface area is 187 Å². The second-order valence-electron chi connectivity index (χ2n) is 9.11. The lowest BCUT2D eigenvalue weighted by Crippen LogP contribution is -2.29. The van der Waals surface area contributed by atoms with Crippen molar-refractivity contribution < 1.29 is 19.4 Å². The lowest BCUT2D eigenvalue weighted by molar-refractivity contribution is 0.0138. The van der Waals surface area contributed by atoms with Crippen LogP contribution in [-0.2, 0) is 4.74 Å². The molecule has 32 heavy (non-hydrogen) atoms. The van der Waals surface area contributed by atoms with Gasteiger partial charge in [0, 0.05) is 28.2 Å². The van der Waals surface area contributed by atoms with Crippen LogP contribution >= 0.6 is 0 Å². The van der Waals surface area contributed by atoms with E-state index in [-0.39, 0.29) is 35.4 Å². The second-order valence-corrected chi connectivity index (χ2v) is 9.11. The van der Waals surface area contributed by atoms with Crippen LogP contribution in [0, 0.1) is 0 Å². The molecule has 6 rings (SSSR count). The van der Waals surface area contributed by atoms with Crippen molar-refractivity contribution in [1.82, 2.24) is 0 Å². The highest BCUT2D eigenvalue weighted by molar-refractivity contribution is 6.06. The van der Waals surface area contributed by atoms with Crippen molar-refractivity contribution >= 4 is 16.7 Å². The number of ether oxygens (including phenoxy) is 2. The Hall–Kier alpha value is -3.27. The van der Waals surface area contributed by atoms with E-state index in [1.807, 2.05) is 42.5 Å². The van der Waals surface area contributed by atoms with Crippen LogP contribution in [0.3, 0.4) is 0 Å². The van der Waals surface area contributed by atoms with Gasteiger partial charge in [-0.1, -0.05) is 67.1 Å². The van der Waals surface area contributed by atoms with E-state index in [2.05, 4.69) is 24.3 Å². The first-order valence-electron chi connectivity index (χ1n) is 11.6. The number of rotatable bonds is 3. The van der Waals surface area contributed by atoms with E-state index in [1.165, 1.54) is 5.56 Å². The summed E-state index contributed by atoms with van der Waals surface area (Å²) in [6, 6.07) is 17.9. The molecule has 1 heterocycles. The van der Waals surface area contributed by atoms with E-state index in [1.54, 1.807) is 0 Å². The predicted molar refractivity (Wildman–Crippen MR) is 123 cm³/mol. The molecule has 0 radical (unpaired) electrons. The molecule has 3 aromatic carbocycles. The van der Waals surface area contributed by atoms with Crippen molar-refractivity contribution in [3.63, 3.8) is 0 Å². The molecule has 1 fully saturated rings. The van der Waals surface area contributed by atoms with Gasteiger partial charge in [0.1, 0.15) is 29.3 Å². The zero-order valence-corrected chi connectivity index (χ0v) is 17.9. The van der Waals surface area contributed by atoms with Crippen molar-refractivity contribution in [2.45, 2.75) is 56.1 Å². The van der Waals surface area contributed by atoms with Gasteiger partial charge in [-0.05, 0) is 37.3 Å². The van der Waals surface area contributed by atoms with Crippen LogP contribution in [0.4, 0.5) is 0 Å². The lowest BCUT2D eigenvalue weighted by Gasteiger charge is -2.32. The van der Waals surface area contributed by atoms with Gasteiger partial charge in [0.25, 0.3) is 0 Å². The first-order valence-corrected chi connectivity index (χ1v) is 11.6. The summed E-state index contributed by atoms with van der Waals surface area (Å²) in [4.78, 5) is 13.6. The fourth-order valence-corrected chi connectivity index (χ4v) is 5.78. The average molecular weight is 427 g/mol. The molecule has 0 bridgehead atoms. The van der Waals surface area contributed by atoms with E-state index in [0.29, 0.717) is 11.1 Å². The summed E-state index contributed by atoms with van der Waals surface area (Å²) in [6.45, 7) is 0. The van der Waals surface area contributed by atoms with Crippen LogP contribution in [0.1, 0.15) is 65.4 Å². The van der Waals surface area contributed by atoms with Gasteiger partial charge in [0.05, 0.1) is 0 Å². The fourth-order valence-electron chi connectivity index (χ4n) is 5.78. The third-order valence-corrected chi connectivity index (χ3v) is 7.31. The SMILES string of the molecule is O=C(O[C@@H]1CCCC[C@H]1c1ccccc1)c1c2c(c3ccccc3c1O)O[C@H]1C=CC[C@@H]21. The van der Waals surface area contributed by atoms with Crippen LogP contribution in [-0.4, -0.2) is 23.3 Å². The highest BCUT2D eigenvalue weighted by Crippen LogP contribution is 2.52. The molecule has 0 aromatic heterocycles. The number of aromatic hydroxyl groups is 1. The standard InChI is InChI=1S/C28H26O4/c29-26-19-12-4-5-13-20(19)27-24(21-14-8-16-23(21)31-27)25(26)28(30)32-22-15-7-6-11-18(22)17-9-2-1-3-10-17/h1-5,8-10,12-13,16,18,21-23,29H,6-7,11,14-15H2/t18-,21+,22+,23-/m0/s1. The van der Waals surface area contributed by atoms with Crippen LogP contribution in [0.2, 0.25) is 0 Å². The van der Waals surface area contributed by atoms with Gasteiger partial charge in [-0.2, -0.15) is 0 Å². The van der Waals surface area contributed by atoms with E-state index in [4.69, 9.17) is 9.47 Å². The van der Waals surface area contributed by atoms with Gasteiger partial charge in [-0.25, -0.2) is 4.79 Å². The smallest absolute Gasteiger partial charge is 0.342 e. The first kappa shape index (κ1) is 19.4. The summed E-state index contributed by atoms with van der Waals surface area (Å²) in [6.07, 6.45) is 8.67. The lowest BCUT2D eigenvalue weighted by atomic mass is 9.81. The van der Waals surface area contributed by atoms with Gasteiger partial charge in [-0.3, -0.25) is 0 Å². The first-order chi connectivity index (χ1) is 15.7. The quantitative estimate of drug-likeness (QED) is 0.398. The summed E-state index contributed by atoms with van der Waals surface area (Å²) >= 11 is 0. The number of allylic oxidation sites excluding steroid dienone is 1. The number of phenols is 1. The maximum atomic E-state index is 13.6. The zero-order chi connectivity index (χ0) is 21.7. The van der Waals surface area contributed by atoms with Crippen molar-refractivity contribution in [1.29, 1.82) is 0 Å². The molecule has 162 valence electrons. The van der Waals surface area contributed by atoms with Crippen LogP contribution in [0.25, 0.3) is 10.8 Å². The Morgan fingerprint density at radius 2 is 1.69 bits per heavy atom. The number of fused-ring (bicyclic) bond motifs is 5. The molecule has 3 aromatic rings. The normalized spacial score (nSPS) is 25.9. The number of esters is 1. The van der Waals surface area contributed by atoms with Gasteiger partial charge in [-0.15, -0.1) is 0 Å². The Morgan fingerprint density at radius 3 is 2.53 bits per heavy atom. The van der Waals surface area contributed by atoms with Gasteiger partial charge >= 0.3 is 5.97 Å². The number of hydrogen-bond donors (Lipinski definition) is 1. The second kappa shape index (κ2) is 7.70. The Morgan fingerprint density at radius 1 is 0.938 bits per heavy atom. The van der Waals surface area contributed by atoms with Crippen molar-refractivity contribution in [2.24, 2.45) is 0 Å². The fraction of sp³-hybridized carbons (Fsp3) is 0.321. The number of carbonyl (C=O) groups is 1. The minimum absolute atomic E-state index is 0.00701. The topological polar surface area (TPSA) is 55.8 Å². The maximum absolute atomic E-state index is 13.6. The summed E-state index contributed by atoms with van der Waals surface area (Å²) < 4.78 is 12.4. The molecule has 0 amide bonds. The molecular weight excluding hydrogens is 400 g/mol. The van der Waals surface area contributed by atoms with Crippen molar-refractivity contribution in [3.05, 3.63) is 83.4 Å². The predicted octanol–water partition coefficient (Wildman–Crippen LogP) is 6.23. The molecule has 2 aliphatic carbocycles. The molecule has 1 saturated carbocycles. The molecule has 1 aliphatic heterocycles. The number of benzene rings is 3. The molecule has 1 N–H and O–H groups in total. The van der Waals surface area contributed by atoms with Crippen molar-refractivity contribution in [3.8, 4) is 11.5 Å². The van der Waals surface area contributed by atoms with Crippen LogP contribution in [0.15, 0.2) is 66.7 Å². The Bertz CT molecular complexity index is 1210. The molecule has 3 aliphatic rings. The molecular formula is C28H26O4. The molecule has 0 unspecified atom stereocenters. The van der Waals surface area contributed by atoms with Crippen molar-refractivity contribution in [2.75, 3.05) is 0 Å². The molecule has 4 atom stereocenters. The summed E-state index contributed by atoms with van der Waals surface area (Å²) in [7, 11) is 0. The number of hydrogen-bond acceptors (Lipinski definition) is 4. The van der Waals surface area contributed by atoms with Crippen LogP contribution in [0.5, 0.6) is 11.5 Å². The Balaban J connectivity index is 1.41. The van der Waals surface area contributed by atoms with Gasteiger partial charge in [0.15, 0.2) is 0 Å². The van der Waals surface area contributed by atoms with E-state index >= 15 is 0 Å². The van der Waals surface area contributed by atoms with E-state index in [0.717, 1.165) is 43.1 Å². The minimum Gasteiger partial charge on any atom is -0.506 e. The summed E-state index contributed by atoms with van der Waals surface area (Å²) in [5.74, 6) is 0.509. The third kappa shape index (κ3) is 3.01. The average Bonchev–Trinajstić information content (AvgIpc) is 3.43. The zero-order valence-electron chi connectivity index (χ0n) is 17.9. The molecule has 4 nitrogen and oxygen atoms in total. The summed E-state index contributed by atoms with van der Waals surface area (Å²) in [5.41, 5.74) is 2.29. The molecule has 0 saturated heterocycles. The van der Waals surface area contributed by atoms with E-state index in [9.17, 15) is 9.90 Å². The summed E-state index contributed by atoms with van der Waals surface area (Å²) in [5, 5.41) is 12.7. The van der Waals surface area contributed by atoms with Gasteiger partial charge in [0.2, 0.25) is 0 Å². The Kier molecular flexibility index (Phi) is 4.67. The molecule has 4 heteroatoms. The van der Waals surface area contributed by atoms with Crippen LogP contribution < -0.4 is 4.74 Å². The number of phenolic OH excluding ortho intramolecular Hbond substituents is 1. The van der Waals surface area contributed by atoms with E-state index < -0.39 is 5.97 Å². The number of carbonyl (C=O) groups excluding carboxylic acids is 1. The van der Waals surface area contributed by atoms with Gasteiger partial charge < -0.3 is 14.6 Å². The highest BCUT2D eigenvalue weighted by atomic mass is 16.5. The molecule has 0 spiro atoms. The monoisotopic (exact) mass is 426 g/mol. The largest absolute Gasteiger partial charge is 0.506 e. The maximum Gasteiger partial charge on any atom is 0.342 e. The third-order valence-electron chi connectivity index (χ3n) is 7.31. The minimum atomic E-state index is -0.437. The highest BCUT2D eigenvalue weighted by Gasteiger charge is 2.42.